The van der Waals surface area contributed by atoms with Crippen LogP contribution in [-0.2, 0) is 16.4 Å². The molecule has 0 bridgehead atoms. The number of anilines is 1. The lowest BCUT2D eigenvalue weighted by molar-refractivity contribution is 0.250. The number of tetrazole rings is 1. The number of carbonyl (C=O) groups excluding carboxylic acids is 1. The molecule has 1 aromatic rings. The van der Waals surface area contributed by atoms with Crippen molar-refractivity contribution in [3.05, 3.63) is 0 Å². The zero-order chi connectivity index (χ0) is 15.3. The summed E-state index contributed by atoms with van der Waals surface area (Å²) in [4.78, 5) is 11.8. The van der Waals surface area contributed by atoms with Gasteiger partial charge in [-0.1, -0.05) is 18.4 Å². The van der Waals surface area contributed by atoms with Gasteiger partial charge in [0.15, 0.2) is 9.84 Å². The molecule has 9 nitrogen and oxygen atoms in total. The van der Waals surface area contributed by atoms with Crippen LogP contribution in [0, 0.1) is 5.92 Å². The number of hydrogen-bond donors (Lipinski definition) is 2. The van der Waals surface area contributed by atoms with Crippen molar-refractivity contribution in [2.45, 2.75) is 32.7 Å². The van der Waals surface area contributed by atoms with E-state index in [4.69, 9.17) is 0 Å². The lowest BCUT2D eigenvalue weighted by Crippen LogP contribution is -2.34. The van der Waals surface area contributed by atoms with Gasteiger partial charge in [0, 0.05) is 13.1 Å². The fraction of sp³-hybridized carbons (Fsp3) is 0.818. The number of amides is 2. The van der Waals surface area contributed by atoms with Gasteiger partial charge in [0.05, 0.1) is 11.5 Å². The summed E-state index contributed by atoms with van der Waals surface area (Å²) in [7, 11) is -2.92. The summed E-state index contributed by atoms with van der Waals surface area (Å²) in [5.74, 6) is 0.620. The first-order valence-electron chi connectivity index (χ1n) is 7.01. The number of hydrogen-bond acceptors (Lipinski definition) is 6. The Kier molecular flexibility index (Phi) is 5.10. The Balaban J connectivity index is 1.78. The second-order valence-electron chi connectivity index (χ2n) is 5.18. The lowest BCUT2D eigenvalue weighted by atomic mass is 10.1. The topological polar surface area (TPSA) is 119 Å². The number of sulfone groups is 1. The number of aryl methyl sites for hydroxylation is 1. The minimum atomic E-state index is -2.92. The molecule has 10 heteroatoms. The second-order valence-corrected chi connectivity index (χ2v) is 7.41. The van der Waals surface area contributed by atoms with Gasteiger partial charge in [-0.3, -0.25) is 5.32 Å². The third kappa shape index (κ3) is 4.66. The first kappa shape index (κ1) is 15.7. The van der Waals surface area contributed by atoms with E-state index in [0.717, 1.165) is 12.8 Å². The van der Waals surface area contributed by atoms with E-state index in [1.807, 2.05) is 0 Å². The summed E-state index contributed by atoms with van der Waals surface area (Å²) in [5.41, 5.74) is 0. The molecule has 118 valence electrons. The first-order valence-corrected chi connectivity index (χ1v) is 8.84. The zero-order valence-corrected chi connectivity index (χ0v) is 12.8. The van der Waals surface area contributed by atoms with Crippen LogP contribution < -0.4 is 10.6 Å². The van der Waals surface area contributed by atoms with Crippen LogP contribution in [0.2, 0.25) is 0 Å². The Morgan fingerprint density at radius 2 is 2.29 bits per heavy atom. The third-order valence-electron chi connectivity index (χ3n) is 3.36. The number of nitrogens with one attached hydrogen (secondary N) is 2. The molecule has 21 heavy (non-hydrogen) atoms. The molecule has 2 amide bonds. The molecular weight excluding hydrogens is 296 g/mol. The molecule has 2 heterocycles. The molecule has 1 aliphatic rings. The van der Waals surface area contributed by atoms with Crippen molar-refractivity contribution < 1.29 is 13.2 Å². The second kappa shape index (κ2) is 6.83. The normalized spacial score (nSPS) is 20.3. The number of unbranched alkanes of at least 4 members (excludes halogenated alkanes) is 1. The van der Waals surface area contributed by atoms with Crippen molar-refractivity contribution in [1.29, 1.82) is 0 Å². The number of nitrogens with zero attached hydrogens (tertiary/aromatic N) is 4. The highest BCUT2D eigenvalue weighted by Crippen LogP contribution is 2.17. The van der Waals surface area contributed by atoms with Gasteiger partial charge in [-0.05, 0) is 29.2 Å². The monoisotopic (exact) mass is 316 g/mol. The Morgan fingerprint density at radius 3 is 2.95 bits per heavy atom. The lowest BCUT2D eigenvalue weighted by Gasteiger charge is -2.10. The van der Waals surface area contributed by atoms with Crippen molar-refractivity contribution in [3.8, 4) is 0 Å². The van der Waals surface area contributed by atoms with Crippen LogP contribution in [0.3, 0.4) is 0 Å². The molecule has 0 aliphatic carbocycles. The van der Waals surface area contributed by atoms with Crippen LogP contribution in [0.5, 0.6) is 0 Å². The average molecular weight is 316 g/mol. The fourth-order valence-electron chi connectivity index (χ4n) is 2.17. The molecule has 1 atom stereocenters. The summed E-state index contributed by atoms with van der Waals surface area (Å²) >= 11 is 0. The minimum absolute atomic E-state index is 0.0168. The van der Waals surface area contributed by atoms with Gasteiger partial charge in [-0.25, -0.2) is 17.9 Å². The van der Waals surface area contributed by atoms with Crippen molar-refractivity contribution in [1.82, 2.24) is 25.5 Å². The van der Waals surface area contributed by atoms with Gasteiger partial charge in [-0.15, -0.1) is 0 Å². The van der Waals surface area contributed by atoms with E-state index in [-0.39, 0.29) is 17.4 Å². The molecule has 0 radical (unpaired) electrons. The van der Waals surface area contributed by atoms with E-state index >= 15 is 0 Å². The van der Waals surface area contributed by atoms with Crippen molar-refractivity contribution in [2.75, 3.05) is 23.4 Å². The van der Waals surface area contributed by atoms with Crippen LogP contribution >= 0.6 is 0 Å². The minimum Gasteiger partial charge on any atom is -0.337 e. The number of aromatic nitrogens is 4. The molecule has 0 spiro atoms. The molecule has 2 N–H and O–H groups in total. The van der Waals surface area contributed by atoms with E-state index in [9.17, 15) is 13.2 Å². The Morgan fingerprint density at radius 1 is 1.48 bits per heavy atom. The summed E-state index contributed by atoms with van der Waals surface area (Å²) in [5, 5.41) is 16.3. The molecule has 1 aromatic heterocycles. The van der Waals surface area contributed by atoms with Gasteiger partial charge in [-0.2, -0.15) is 0 Å². The maximum atomic E-state index is 11.8. The molecule has 1 fully saturated rings. The van der Waals surface area contributed by atoms with E-state index < -0.39 is 15.9 Å². The largest absolute Gasteiger partial charge is 0.337 e. The van der Waals surface area contributed by atoms with Crippen LogP contribution in [0.4, 0.5) is 10.7 Å². The zero-order valence-electron chi connectivity index (χ0n) is 11.9. The van der Waals surface area contributed by atoms with Crippen LogP contribution in [0.15, 0.2) is 0 Å². The van der Waals surface area contributed by atoms with Gasteiger partial charge in [0.25, 0.3) is 5.95 Å². The average Bonchev–Trinajstić information content (AvgIpc) is 3.00. The molecule has 0 saturated carbocycles. The smallest absolute Gasteiger partial charge is 0.321 e. The summed E-state index contributed by atoms with van der Waals surface area (Å²) < 4.78 is 24.2. The van der Waals surface area contributed by atoms with Crippen molar-refractivity contribution in [2.24, 2.45) is 5.92 Å². The Bertz CT molecular complexity index is 585. The van der Waals surface area contributed by atoms with E-state index in [2.05, 4.69) is 33.1 Å². The first-order chi connectivity index (χ1) is 10.00. The highest BCUT2D eigenvalue weighted by atomic mass is 32.2. The molecule has 2 rings (SSSR count). The fourth-order valence-corrected chi connectivity index (χ4v) is 4.03. The van der Waals surface area contributed by atoms with E-state index in [1.54, 1.807) is 0 Å². The third-order valence-corrected chi connectivity index (χ3v) is 5.20. The van der Waals surface area contributed by atoms with Crippen LogP contribution in [-0.4, -0.2) is 52.7 Å². The van der Waals surface area contributed by atoms with E-state index in [1.165, 1.54) is 4.68 Å². The summed E-state index contributed by atoms with van der Waals surface area (Å²) in [6.07, 6.45) is 2.51. The Hall–Kier alpha value is -1.71. The van der Waals surface area contributed by atoms with Gasteiger partial charge < -0.3 is 5.32 Å². The highest BCUT2D eigenvalue weighted by molar-refractivity contribution is 7.91. The maximum Gasteiger partial charge on any atom is 0.321 e. The molecule has 0 unspecified atom stereocenters. The van der Waals surface area contributed by atoms with Gasteiger partial charge in [0.1, 0.15) is 0 Å². The maximum absolute atomic E-state index is 11.8. The molecular formula is C11H20N6O3S. The van der Waals surface area contributed by atoms with Crippen LogP contribution in [0.25, 0.3) is 0 Å². The molecule has 1 saturated heterocycles. The summed E-state index contributed by atoms with van der Waals surface area (Å²) in [6, 6.07) is -0.424. The quantitative estimate of drug-likeness (QED) is 0.764. The number of rotatable bonds is 6. The van der Waals surface area contributed by atoms with Crippen molar-refractivity contribution in [3.63, 3.8) is 0 Å². The Labute approximate surface area is 123 Å². The van der Waals surface area contributed by atoms with Gasteiger partial charge >= 0.3 is 6.03 Å². The number of urea groups is 1. The standard InChI is InChI=1S/C11H20N6O3S/c1-2-3-5-17-10(14-15-16-17)13-11(18)12-7-9-4-6-21(19,20)8-9/h9H,2-8H2,1H3,(H2,12,13,14,16,18)/t9-/m1/s1. The predicted octanol–water partition coefficient (Wildman–Crippen LogP) is 0.0294. The molecule has 0 aromatic carbocycles. The van der Waals surface area contributed by atoms with Crippen LogP contribution in [0.1, 0.15) is 26.2 Å². The molecule has 1 aliphatic heterocycles. The SMILES string of the molecule is CCCCn1nnnc1NC(=O)NC[C@H]1CCS(=O)(=O)C1. The summed E-state index contributed by atoms with van der Waals surface area (Å²) in [6.45, 7) is 3.03. The van der Waals surface area contributed by atoms with Gasteiger partial charge in [0.2, 0.25) is 0 Å². The highest BCUT2D eigenvalue weighted by Gasteiger charge is 2.28. The predicted molar refractivity (Wildman–Crippen MR) is 76.5 cm³/mol. The van der Waals surface area contributed by atoms with Crippen molar-refractivity contribution >= 4 is 21.8 Å². The number of carbonyl (C=O) groups is 1. The van der Waals surface area contributed by atoms with E-state index in [0.29, 0.717) is 25.5 Å².